The smallest absolute Gasteiger partial charge is 0.251 e. The Labute approximate surface area is 103 Å². The van der Waals surface area contributed by atoms with Crippen LogP contribution in [0, 0.1) is 0 Å². The topological polar surface area (TPSA) is 86.9 Å². The fourth-order valence-electron chi connectivity index (χ4n) is 1.71. The van der Waals surface area contributed by atoms with E-state index in [1.54, 1.807) is 22.2 Å². The molecule has 0 bridgehead atoms. The maximum atomic E-state index is 11.0. The van der Waals surface area contributed by atoms with Crippen molar-refractivity contribution in [2.75, 3.05) is 0 Å². The molecule has 0 aliphatic heterocycles. The van der Waals surface area contributed by atoms with E-state index in [2.05, 4.69) is 5.10 Å². The number of hydrogen-bond acceptors (Lipinski definition) is 4. The van der Waals surface area contributed by atoms with E-state index in [0.29, 0.717) is 5.56 Å². The van der Waals surface area contributed by atoms with Crippen LogP contribution in [0.2, 0.25) is 0 Å². The molecule has 0 fully saturated rings. The maximum Gasteiger partial charge on any atom is 0.251 e. The van der Waals surface area contributed by atoms with Crippen molar-refractivity contribution in [3.8, 4) is 0 Å². The summed E-state index contributed by atoms with van der Waals surface area (Å²) in [4.78, 5) is 12.1. The predicted octanol–water partition coefficient (Wildman–Crippen LogP) is 0.980. The lowest BCUT2D eigenvalue weighted by Crippen LogP contribution is -2.30. The molecule has 2 aromatic rings. The first-order valence-corrected chi connectivity index (χ1v) is 6.10. The van der Waals surface area contributed by atoms with Gasteiger partial charge in [0.25, 0.3) is 5.91 Å². The Morgan fingerprint density at radius 3 is 2.82 bits per heavy atom. The lowest BCUT2D eigenvalue weighted by atomic mass is 10.1. The van der Waals surface area contributed by atoms with Crippen molar-refractivity contribution in [1.29, 1.82) is 0 Å². The monoisotopic (exact) mass is 250 g/mol. The van der Waals surface area contributed by atoms with Gasteiger partial charge >= 0.3 is 0 Å². The van der Waals surface area contributed by atoms with E-state index in [1.165, 1.54) is 6.20 Å². The zero-order valence-corrected chi connectivity index (χ0v) is 10.2. The van der Waals surface area contributed by atoms with Crippen LogP contribution in [0.1, 0.15) is 28.2 Å². The molecule has 0 radical (unpaired) electrons. The Morgan fingerprint density at radius 2 is 2.35 bits per heavy atom. The van der Waals surface area contributed by atoms with Gasteiger partial charge in [-0.05, 0) is 18.4 Å². The number of nitrogens with two attached hydrogens (primary N) is 2. The Morgan fingerprint density at radius 1 is 1.59 bits per heavy atom. The second-order valence-electron chi connectivity index (χ2n) is 3.89. The minimum Gasteiger partial charge on any atom is -0.366 e. The fourth-order valence-corrected chi connectivity index (χ4v) is 2.64. The van der Waals surface area contributed by atoms with Crippen LogP contribution in [0.3, 0.4) is 0 Å². The quantitative estimate of drug-likeness (QED) is 0.848. The first-order valence-electron chi connectivity index (χ1n) is 5.22. The van der Waals surface area contributed by atoms with Gasteiger partial charge in [-0.15, -0.1) is 11.3 Å². The number of carbonyl (C=O) groups excluding carboxylic acids is 1. The van der Waals surface area contributed by atoms with Crippen LogP contribution in [0.15, 0.2) is 29.9 Å². The second-order valence-corrected chi connectivity index (χ2v) is 4.87. The first-order chi connectivity index (χ1) is 8.09. The highest BCUT2D eigenvalue weighted by Crippen LogP contribution is 2.25. The van der Waals surface area contributed by atoms with E-state index < -0.39 is 5.91 Å². The normalized spacial score (nSPS) is 14.5. The number of hydrogen-bond donors (Lipinski definition) is 2. The van der Waals surface area contributed by atoms with E-state index in [1.807, 2.05) is 24.4 Å². The molecule has 2 heterocycles. The minimum absolute atomic E-state index is 0.0666. The average Bonchev–Trinajstić information content (AvgIpc) is 2.88. The van der Waals surface area contributed by atoms with Crippen LogP contribution in [0.4, 0.5) is 0 Å². The van der Waals surface area contributed by atoms with E-state index in [4.69, 9.17) is 11.5 Å². The molecular weight excluding hydrogens is 236 g/mol. The number of nitrogens with zero attached hydrogens (tertiary/aromatic N) is 2. The molecule has 2 atom stereocenters. The number of amides is 1. The molecule has 0 aliphatic rings. The molecular formula is C11H14N4OS. The predicted molar refractivity (Wildman–Crippen MR) is 66.9 cm³/mol. The van der Waals surface area contributed by atoms with Crippen molar-refractivity contribution in [2.45, 2.75) is 19.0 Å². The lowest BCUT2D eigenvalue weighted by Gasteiger charge is -2.19. The van der Waals surface area contributed by atoms with Crippen LogP contribution in [-0.4, -0.2) is 21.7 Å². The van der Waals surface area contributed by atoms with Gasteiger partial charge in [0.1, 0.15) is 6.04 Å². The molecule has 0 aromatic carbocycles. The van der Waals surface area contributed by atoms with E-state index >= 15 is 0 Å². The molecule has 1 amide bonds. The van der Waals surface area contributed by atoms with E-state index in [9.17, 15) is 4.79 Å². The summed E-state index contributed by atoms with van der Waals surface area (Å²) in [5.41, 5.74) is 11.6. The van der Waals surface area contributed by atoms with Gasteiger partial charge < -0.3 is 11.5 Å². The first kappa shape index (κ1) is 11.8. The Kier molecular flexibility index (Phi) is 3.26. The van der Waals surface area contributed by atoms with Crippen molar-refractivity contribution in [3.63, 3.8) is 0 Å². The van der Waals surface area contributed by atoms with Crippen molar-refractivity contribution >= 4 is 17.2 Å². The van der Waals surface area contributed by atoms with Crippen molar-refractivity contribution in [1.82, 2.24) is 9.78 Å². The van der Waals surface area contributed by atoms with Crippen LogP contribution < -0.4 is 11.5 Å². The van der Waals surface area contributed by atoms with Crippen molar-refractivity contribution < 1.29 is 4.79 Å². The molecule has 17 heavy (non-hydrogen) atoms. The molecule has 4 N–H and O–H groups in total. The van der Waals surface area contributed by atoms with E-state index in [0.717, 1.165) is 4.88 Å². The molecule has 0 saturated heterocycles. The number of carbonyl (C=O) groups is 1. The standard InChI is InChI=1S/C11H14N4OS/c1-7(12)10(9-3-2-4-17-9)15-6-8(5-14-15)11(13)16/h2-7,10H,12H2,1H3,(H2,13,16). The molecule has 2 aromatic heterocycles. The maximum absolute atomic E-state index is 11.0. The average molecular weight is 250 g/mol. The summed E-state index contributed by atoms with van der Waals surface area (Å²) in [6.07, 6.45) is 3.10. The van der Waals surface area contributed by atoms with Gasteiger partial charge in [-0.1, -0.05) is 6.07 Å². The molecule has 2 rings (SSSR count). The SMILES string of the molecule is CC(N)C(c1cccs1)n1cc(C(N)=O)cn1. The molecule has 6 heteroatoms. The Balaban J connectivity index is 2.36. The van der Waals surface area contributed by atoms with Gasteiger partial charge in [0.15, 0.2) is 0 Å². The molecule has 2 unspecified atom stereocenters. The Hall–Kier alpha value is -1.66. The van der Waals surface area contributed by atoms with Crippen molar-refractivity contribution in [3.05, 3.63) is 40.3 Å². The van der Waals surface area contributed by atoms with Gasteiger partial charge in [-0.3, -0.25) is 9.48 Å². The highest BCUT2D eigenvalue weighted by atomic mass is 32.1. The highest BCUT2D eigenvalue weighted by molar-refractivity contribution is 7.10. The number of rotatable bonds is 4. The van der Waals surface area contributed by atoms with Crippen LogP contribution in [0.25, 0.3) is 0 Å². The fraction of sp³-hybridized carbons (Fsp3) is 0.273. The van der Waals surface area contributed by atoms with Crippen LogP contribution in [-0.2, 0) is 0 Å². The molecule has 0 spiro atoms. The van der Waals surface area contributed by atoms with E-state index in [-0.39, 0.29) is 12.1 Å². The summed E-state index contributed by atoms with van der Waals surface area (Å²) >= 11 is 1.61. The highest BCUT2D eigenvalue weighted by Gasteiger charge is 2.20. The van der Waals surface area contributed by atoms with Gasteiger partial charge in [-0.2, -0.15) is 5.10 Å². The van der Waals surface area contributed by atoms with Gasteiger partial charge in [0, 0.05) is 17.1 Å². The largest absolute Gasteiger partial charge is 0.366 e. The number of primary amides is 1. The summed E-state index contributed by atoms with van der Waals surface area (Å²) in [6.45, 7) is 1.91. The van der Waals surface area contributed by atoms with Gasteiger partial charge in [0.05, 0.1) is 11.8 Å². The molecule has 5 nitrogen and oxygen atoms in total. The molecule has 0 aliphatic carbocycles. The van der Waals surface area contributed by atoms with Crippen LogP contribution in [0.5, 0.6) is 0 Å². The van der Waals surface area contributed by atoms with Gasteiger partial charge in [-0.25, -0.2) is 0 Å². The molecule has 90 valence electrons. The van der Waals surface area contributed by atoms with Crippen LogP contribution >= 0.6 is 11.3 Å². The summed E-state index contributed by atoms with van der Waals surface area (Å²) in [5, 5.41) is 6.15. The third kappa shape index (κ3) is 2.37. The zero-order chi connectivity index (χ0) is 12.4. The summed E-state index contributed by atoms with van der Waals surface area (Å²) in [7, 11) is 0. The Bertz CT molecular complexity index is 503. The third-order valence-corrected chi connectivity index (χ3v) is 3.45. The second kappa shape index (κ2) is 4.68. The zero-order valence-electron chi connectivity index (χ0n) is 9.41. The summed E-state index contributed by atoms with van der Waals surface area (Å²) in [5.74, 6) is -0.481. The lowest BCUT2D eigenvalue weighted by molar-refractivity contribution is 0.1000. The molecule has 0 saturated carbocycles. The summed E-state index contributed by atoms with van der Waals surface area (Å²) in [6, 6.07) is 3.80. The van der Waals surface area contributed by atoms with Gasteiger partial charge in [0.2, 0.25) is 0 Å². The number of thiophene rings is 1. The minimum atomic E-state index is -0.481. The third-order valence-electron chi connectivity index (χ3n) is 2.50. The van der Waals surface area contributed by atoms with Crippen molar-refractivity contribution in [2.24, 2.45) is 11.5 Å². The summed E-state index contributed by atoms with van der Waals surface area (Å²) < 4.78 is 1.69. The number of aromatic nitrogens is 2.